The molecule has 3 aromatic rings. The summed E-state index contributed by atoms with van der Waals surface area (Å²) >= 11 is 3.40. The predicted molar refractivity (Wildman–Crippen MR) is 99.6 cm³/mol. The van der Waals surface area contributed by atoms with Gasteiger partial charge in [0.15, 0.2) is 5.82 Å². The summed E-state index contributed by atoms with van der Waals surface area (Å²) in [6.45, 7) is 2.61. The summed E-state index contributed by atoms with van der Waals surface area (Å²) in [5.74, 6) is 0.360. The van der Waals surface area contributed by atoms with Crippen LogP contribution in [0.4, 0.5) is 10.2 Å². The maximum absolute atomic E-state index is 13.3. The number of hydrazine groups is 1. The molecule has 0 fully saturated rings. The van der Waals surface area contributed by atoms with Gasteiger partial charge < -0.3 is 0 Å². The molecule has 1 aliphatic heterocycles. The summed E-state index contributed by atoms with van der Waals surface area (Å²) in [6.07, 6.45) is 1.70. The van der Waals surface area contributed by atoms with Gasteiger partial charge in [-0.3, -0.25) is 15.2 Å². The molecular formula is C18H15BrFN5O. The molecule has 8 heteroatoms. The van der Waals surface area contributed by atoms with Gasteiger partial charge in [0.25, 0.3) is 0 Å². The third-order valence-corrected chi connectivity index (χ3v) is 4.68. The molecule has 0 saturated carbocycles. The zero-order chi connectivity index (χ0) is 18.3. The molecule has 0 spiro atoms. The van der Waals surface area contributed by atoms with Crippen LogP contribution in [0.2, 0.25) is 0 Å². The predicted octanol–water partition coefficient (Wildman–Crippen LogP) is 3.70. The third kappa shape index (κ3) is 2.96. The fraction of sp³-hybridized carbons (Fsp3) is 0.167. The molecule has 0 saturated heterocycles. The average molecular weight is 416 g/mol. The number of fused-ring (bicyclic) bond motifs is 1. The number of amides is 1. The first-order chi connectivity index (χ1) is 12.5. The maximum atomic E-state index is 13.3. The largest absolute Gasteiger partial charge is 0.279 e. The summed E-state index contributed by atoms with van der Waals surface area (Å²) in [6, 6.07) is 9.99. The van der Waals surface area contributed by atoms with Crippen LogP contribution in [0.1, 0.15) is 6.92 Å². The molecule has 0 aliphatic carbocycles. The van der Waals surface area contributed by atoms with Crippen LogP contribution in [0.25, 0.3) is 22.4 Å². The van der Waals surface area contributed by atoms with Crippen LogP contribution >= 0.6 is 15.9 Å². The smallest absolute Gasteiger partial charge is 0.237 e. The first kappa shape index (κ1) is 16.7. The summed E-state index contributed by atoms with van der Waals surface area (Å²) in [7, 11) is 0. The molecule has 1 N–H and O–H groups in total. The van der Waals surface area contributed by atoms with Gasteiger partial charge in [-0.25, -0.2) is 14.1 Å². The van der Waals surface area contributed by atoms with Gasteiger partial charge in [0.1, 0.15) is 16.1 Å². The molecule has 0 bridgehead atoms. The minimum absolute atomic E-state index is 0.0670. The number of halogens is 2. The van der Waals surface area contributed by atoms with E-state index in [1.807, 2.05) is 16.8 Å². The summed E-state index contributed by atoms with van der Waals surface area (Å²) in [4.78, 5) is 16.0. The van der Waals surface area contributed by atoms with Crippen molar-refractivity contribution in [3.8, 4) is 22.4 Å². The Balaban J connectivity index is 1.92. The molecule has 4 rings (SSSR count). The molecule has 132 valence electrons. The van der Waals surface area contributed by atoms with Crippen molar-refractivity contribution < 1.29 is 9.18 Å². The Kier molecular flexibility index (Phi) is 4.20. The number of pyridine rings is 1. The Hall–Kier alpha value is -2.74. The summed E-state index contributed by atoms with van der Waals surface area (Å²) in [5, 5.41) is 6.27. The number of hydrogen-bond donors (Lipinski definition) is 1. The first-order valence-electron chi connectivity index (χ1n) is 8.06. The van der Waals surface area contributed by atoms with E-state index >= 15 is 0 Å². The fourth-order valence-corrected chi connectivity index (χ4v) is 3.36. The van der Waals surface area contributed by atoms with Crippen LogP contribution in [-0.2, 0) is 11.3 Å². The van der Waals surface area contributed by atoms with E-state index in [0.29, 0.717) is 17.7 Å². The Morgan fingerprint density at radius 1 is 1.19 bits per heavy atom. The lowest BCUT2D eigenvalue weighted by Crippen LogP contribution is -2.41. The number of hydrogen-bond acceptors (Lipinski definition) is 4. The highest BCUT2D eigenvalue weighted by Gasteiger charge is 2.26. The molecule has 3 heterocycles. The second-order valence-electron chi connectivity index (χ2n) is 5.95. The van der Waals surface area contributed by atoms with Gasteiger partial charge in [-0.1, -0.05) is 0 Å². The van der Waals surface area contributed by atoms with E-state index in [9.17, 15) is 9.18 Å². The number of anilines is 1. The minimum atomic E-state index is -0.299. The van der Waals surface area contributed by atoms with Crippen molar-refractivity contribution in [2.75, 3.05) is 12.0 Å². The first-order valence-corrected chi connectivity index (χ1v) is 8.85. The number of nitrogens with one attached hydrogen (secondary N) is 1. The number of aromatic nitrogens is 3. The van der Waals surface area contributed by atoms with Gasteiger partial charge in [-0.15, -0.1) is 0 Å². The summed E-state index contributed by atoms with van der Waals surface area (Å²) < 4.78 is 15.9. The van der Waals surface area contributed by atoms with E-state index in [1.54, 1.807) is 23.3 Å². The van der Waals surface area contributed by atoms with Crippen LogP contribution in [-0.4, -0.2) is 32.2 Å². The Bertz CT molecular complexity index is 986. The minimum Gasteiger partial charge on any atom is -0.279 e. The molecule has 1 aliphatic rings. The van der Waals surface area contributed by atoms with Gasteiger partial charge >= 0.3 is 0 Å². The zero-order valence-electron chi connectivity index (χ0n) is 13.9. The van der Waals surface area contributed by atoms with Crippen LogP contribution in [0.5, 0.6) is 0 Å². The highest BCUT2D eigenvalue weighted by atomic mass is 79.9. The van der Waals surface area contributed by atoms with Crippen molar-refractivity contribution in [3.63, 3.8) is 0 Å². The van der Waals surface area contributed by atoms with Crippen molar-refractivity contribution in [2.45, 2.75) is 13.5 Å². The van der Waals surface area contributed by atoms with Crippen molar-refractivity contribution in [1.82, 2.24) is 19.8 Å². The molecular weight excluding hydrogens is 401 g/mol. The van der Waals surface area contributed by atoms with Crippen LogP contribution in [0.3, 0.4) is 0 Å². The van der Waals surface area contributed by atoms with Crippen molar-refractivity contribution in [1.29, 1.82) is 0 Å². The van der Waals surface area contributed by atoms with Crippen molar-refractivity contribution in [3.05, 3.63) is 53.0 Å². The Morgan fingerprint density at radius 3 is 2.65 bits per heavy atom. The maximum Gasteiger partial charge on any atom is 0.237 e. The number of carbonyl (C=O) groups excluding carboxylic acids is 1. The normalized spacial score (nSPS) is 13.3. The average Bonchev–Trinajstić information content (AvgIpc) is 3.00. The molecule has 26 heavy (non-hydrogen) atoms. The van der Waals surface area contributed by atoms with Crippen LogP contribution in [0, 0.1) is 5.82 Å². The number of nitrogens with zero attached hydrogens (tertiary/aromatic N) is 4. The number of benzene rings is 1. The van der Waals surface area contributed by atoms with E-state index in [0.717, 1.165) is 28.2 Å². The molecule has 1 amide bonds. The topological polar surface area (TPSA) is 63.1 Å². The van der Waals surface area contributed by atoms with Crippen LogP contribution in [0.15, 0.2) is 47.2 Å². The fourth-order valence-electron chi connectivity index (χ4n) is 2.99. The van der Waals surface area contributed by atoms with E-state index in [-0.39, 0.29) is 11.7 Å². The van der Waals surface area contributed by atoms with Crippen molar-refractivity contribution >= 4 is 27.7 Å². The van der Waals surface area contributed by atoms with E-state index in [4.69, 9.17) is 5.10 Å². The summed E-state index contributed by atoms with van der Waals surface area (Å²) in [5.41, 5.74) is 6.41. The second kappa shape index (κ2) is 6.53. The monoisotopic (exact) mass is 415 g/mol. The Morgan fingerprint density at radius 2 is 1.96 bits per heavy atom. The lowest BCUT2D eigenvalue weighted by molar-refractivity contribution is -0.128. The van der Waals surface area contributed by atoms with Gasteiger partial charge in [-0.2, -0.15) is 5.10 Å². The Labute approximate surface area is 157 Å². The lowest BCUT2D eigenvalue weighted by Gasteiger charge is -2.28. The number of carbonyl (C=O) groups is 1. The third-order valence-electron chi connectivity index (χ3n) is 4.24. The highest BCUT2D eigenvalue weighted by molar-refractivity contribution is 9.10. The molecule has 2 aromatic heterocycles. The molecule has 6 nitrogen and oxygen atoms in total. The second-order valence-corrected chi connectivity index (χ2v) is 6.76. The molecule has 0 radical (unpaired) electrons. The van der Waals surface area contributed by atoms with Gasteiger partial charge in [-0.05, 0) is 57.9 Å². The van der Waals surface area contributed by atoms with Gasteiger partial charge in [0, 0.05) is 18.7 Å². The molecule has 0 atom stereocenters. The van der Waals surface area contributed by atoms with Crippen molar-refractivity contribution in [2.24, 2.45) is 0 Å². The van der Waals surface area contributed by atoms with E-state index < -0.39 is 0 Å². The molecule has 0 unspecified atom stereocenters. The quantitative estimate of drug-likeness (QED) is 0.648. The van der Waals surface area contributed by atoms with Gasteiger partial charge in [0.05, 0.1) is 18.7 Å². The highest BCUT2D eigenvalue weighted by Crippen LogP contribution is 2.39. The standard InChI is InChI=1S/C18H15BrFN5O/c1-11(26)24-8-9-25-18(23-24)16(13-6-7-21-15(19)10-13)17(22-25)12-2-4-14(20)5-3-12/h2-7,10,23H,8-9H2,1H3. The number of rotatable bonds is 2. The van der Waals surface area contributed by atoms with Gasteiger partial charge in [0.2, 0.25) is 5.91 Å². The SMILES string of the molecule is CC(=O)N1CCn2nc(-c3ccc(F)cc3)c(-c3ccnc(Br)c3)c2N1. The lowest BCUT2D eigenvalue weighted by atomic mass is 10.0. The van der Waals surface area contributed by atoms with Crippen LogP contribution < -0.4 is 5.43 Å². The zero-order valence-corrected chi connectivity index (χ0v) is 15.5. The molecule has 1 aromatic carbocycles. The van der Waals surface area contributed by atoms with E-state index in [1.165, 1.54) is 19.1 Å². The van der Waals surface area contributed by atoms with E-state index in [2.05, 4.69) is 26.3 Å².